The second kappa shape index (κ2) is 8.12. The Morgan fingerprint density at radius 2 is 1.87 bits per heavy atom. The van der Waals surface area contributed by atoms with Crippen LogP contribution in [0, 0.1) is 19.7 Å². The second-order valence-electron chi connectivity index (χ2n) is 6.95. The van der Waals surface area contributed by atoms with Crippen molar-refractivity contribution in [3.05, 3.63) is 69.6 Å². The van der Waals surface area contributed by atoms with Gasteiger partial charge >= 0.3 is 6.18 Å². The molecule has 6 nitrogen and oxygen atoms in total. The Bertz CT molecular complexity index is 1240. The zero-order valence-electron chi connectivity index (χ0n) is 16.5. The zero-order chi connectivity index (χ0) is 23.1. The van der Waals surface area contributed by atoms with Crippen LogP contribution in [0.5, 0.6) is 0 Å². The van der Waals surface area contributed by atoms with Gasteiger partial charge in [0.05, 0.1) is 22.6 Å². The summed E-state index contributed by atoms with van der Waals surface area (Å²) < 4.78 is 76.6. The quantitative estimate of drug-likeness (QED) is 0.515. The Morgan fingerprint density at radius 3 is 2.39 bits per heavy atom. The largest absolute Gasteiger partial charge is 0.433 e. The summed E-state index contributed by atoms with van der Waals surface area (Å²) in [5, 5.41) is 2.68. The lowest BCUT2D eigenvalue weighted by atomic mass is 10.1. The number of nitrogens with one attached hydrogen (secondary N) is 2. The highest BCUT2D eigenvalue weighted by molar-refractivity contribution is 7.90. The fourth-order valence-corrected chi connectivity index (χ4v) is 4.14. The van der Waals surface area contributed by atoms with Crippen LogP contribution in [-0.4, -0.2) is 29.6 Å². The number of halogens is 5. The van der Waals surface area contributed by atoms with Crippen LogP contribution >= 0.6 is 11.6 Å². The van der Waals surface area contributed by atoms with Crippen LogP contribution in [0.3, 0.4) is 0 Å². The Kier molecular flexibility index (Phi) is 6.03. The van der Waals surface area contributed by atoms with Crippen molar-refractivity contribution in [1.82, 2.24) is 15.0 Å². The van der Waals surface area contributed by atoms with E-state index in [1.54, 1.807) is 0 Å². The molecule has 1 unspecified atom stereocenters. The van der Waals surface area contributed by atoms with Crippen molar-refractivity contribution < 1.29 is 26.0 Å². The summed E-state index contributed by atoms with van der Waals surface area (Å²) in [6.45, 7) is 2.76. The maximum Gasteiger partial charge on any atom is 0.433 e. The van der Waals surface area contributed by atoms with Crippen LogP contribution in [0.4, 0.5) is 23.2 Å². The molecule has 1 atom stereocenters. The predicted octanol–water partition coefficient (Wildman–Crippen LogP) is 4.84. The number of hydrogen-bond donors (Lipinski definition) is 2. The monoisotopic (exact) mass is 476 g/mol. The van der Waals surface area contributed by atoms with Gasteiger partial charge in [-0.05, 0) is 43.2 Å². The van der Waals surface area contributed by atoms with Crippen molar-refractivity contribution in [3.8, 4) is 0 Å². The summed E-state index contributed by atoms with van der Waals surface area (Å²) in [7, 11) is -3.61. The first-order valence-corrected chi connectivity index (χ1v) is 11.1. The molecule has 1 aromatic carbocycles. The first-order valence-electron chi connectivity index (χ1n) is 8.79. The van der Waals surface area contributed by atoms with E-state index in [0.717, 1.165) is 18.5 Å². The molecule has 0 spiro atoms. The molecule has 0 radical (unpaired) electrons. The van der Waals surface area contributed by atoms with Crippen molar-refractivity contribution in [2.75, 3.05) is 11.6 Å². The van der Waals surface area contributed by atoms with E-state index >= 15 is 0 Å². The average molecular weight is 477 g/mol. The predicted molar refractivity (Wildman–Crippen MR) is 107 cm³/mol. The number of aryl methyl sites for hydroxylation is 2. The summed E-state index contributed by atoms with van der Waals surface area (Å²) in [5.41, 5.74) is -0.309. The third-order valence-electron chi connectivity index (χ3n) is 4.44. The van der Waals surface area contributed by atoms with Gasteiger partial charge in [-0.15, -0.1) is 0 Å². The first-order chi connectivity index (χ1) is 14.3. The summed E-state index contributed by atoms with van der Waals surface area (Å²) in [5.74, 6) is -0.512. The Hall–Kier alpha value is -2.66. The summed E-state index contributed by atoms with van der Waals surface area (Å²) >= 11 is 5.89. The minimum Gasteiger partial charge on any atom is -0.370 e. The minimum atomic E-state index is -4.60. The average Bonchev–Trinajstić information content (AvgIpc) is 3.03. The van der Waals surface area contributed by atoms with Crippen LogP contribution in [0.15, 0.2) is 35.5 Å². The molecule has 3 rings (SSSR count). The van der Waals surface area contributed by atoms with E-state index in [0.29, 0.717) is 5.56 Å². The van der Waals surface area contributed by atoms with Gasteiger partial charge in [-0.1, -0.05) is 17.7 Å². The van der Waals surface area contributed by atoms with Crippen LogP contribution in [0.2, 0.25) is 5.02 Å². The second-order valence-corrected chi connectivity index (χ2v) is 9.31. The molecule has 2 N–H and O–H groups in total. The highest BCUT2D eigenvalue weighted by Crippen LogP contribution is 2.33. The summed E-state index contributed by atoms with van der Waals surface area (Å²) in [4.78, 5) is 10.5. The Morgan fingerprint density at radius 1 is 1.19 bits per heavy atom. The van der Waals surface area contributed by atoms with Gasteiger partial charge in [0.2, 0.25) is 0 Å². The highest BCUT2D eigenvalue weighted by Gasteiger charge is 2.34. The molecule has 0 amide bonds. The topological polar surface area (TPSA) is 87.7 Å². The molecule has 2 heterocycles. The van der Waals surface area contributed by atoms with Crippen LogP contribution in [-0.2, 0) is 16.0 Å². The minimum absolute atomic E-state index is 0.107. The SMILES string of the molecule is Cc1cc(NC(c2ccc(F)c(Cl)c2)c2nc(C)c(S(C)(=O)=O)[nH]2)cnc1C(F)(F)F. The third kappa shape index (κ3) is 4.99. The van der Waals surface area contributed by atoms with E-state index in [-0.39, 0.29) is 32.8 Å². The van der Waals surface area contributed by atoms with E-state index in [9.17, 15) is 26.0 Å². The summed E-state index contributed by atoms with van der Waals surface area (Å²) in [6.07, 6.45) is -2.59. The molecule has 0 aliphatic carbocycles. The highest BCUT2D eigenvalue weighted by atomic mass is 35.5. The molecule has 0 bridgehead atoms. The van der Waals surface area contributed by atoms with Gasteiger partial charge in [-0.25, -0.2) is 22.8 Å². The number of imidazole rings is 1. The maximum atomic E-state index is 13.7. The van der Waals surface area contributed by atoms with Gasteiger partial charge in [-0.2, -0.15) is 13.2 Å². The first kappa shape index (κ1) is 23.0. The number of nitrogens with zero attached hydrogens (tertiary/aromatic N) is 2. The van der Waals surface area contributed by atoms with Gasteiger partial charge in [0.25, 0.3) is 0 Å². The molecule has 3 aromatic rings. The summed E-state index contributed by atoms with van der Waals surface area (Å²) in [6, 6.07) is 4.21. The van der Waals surface area contributed by atoms with E-state index in [1.165, 1.54) is 32.0 Å². The van der Waals surface area contributed by atoms with Crippen molar-refractivity contribution in [2.24, 2.45) is 0 Å². The molecule has 0 fully saturated rings. The van der Waals surface area contributed by atoms with Crippen LogP contribution < -0.4 is 5.32 Å². The van der Waals surface area contributed by atoms with E-state index in [4.69, 9.17) is 11.6 Å². The van der Waals surface area contributed by atoms with Gasteiger partial charge in [-0.3, -0.25) is 0 Å². The van der Waals surface area contributed by atoms with Gasteiger partial charge in [0, 0.05) is 6.26 Å². The lowest BCUT2D eigenvalue weighted by Crippen LogP contribution is -2.16. The molecule has 12 heteroatoms. The van der Waals surface area contributed by atoms with Crippen molar-refractivity contribution >= 4 is 27.1 Å². The Balaban J connectivity index is 2.09. The molecule has 0 saturated carbocycles. The molecule has 31 heavy (non-hydrogen) atoms. The molecular formula is C19H17ClF4N4O2S. The lowest BCUT2D eigenvalue weighted by molar-refractivity contribution is -0.141. The molecule has 0 aliphatic heterocycles. The number of anilines is 1. The molecule has 0 saturated heterocycles. The van der Waals surface area contributed by atoms with Crippen molar-refractivity contribution in [1.29, 1.82) is 0 Å². The van der Waals surface area contributed by atoms with Crippen LogP contribution in [0.1, 0.15) is 34.4 Å². The molecule has 2 aromatic heterocycles. The van der Waals surface area contributed by atoms with E-state index in [2.05, 4.69) is 20.3 Å². The maximum absolute atomic E-state index is 13.7. The van der Waals surface area contributed by atoms with E-state index in [1.807, 2.05) is 0 Å². The van der Waals surface area contributed by atoms with Crippen LogP contribution in [0.25, 0.3) is 0 Å². The smallest absolute Gasteiger partial charge is 0.370 e. The number of benzene rings is 1. The Labute approximate surface area is 180 Å². The molecule has 0 aliphatic rings. The third-order valence-corrected chi connectivity index (χ3v) is 5.87. The number of hydrogen-bond acceptors (Lipinski definition) is 5. The normalized spacial score (nSPS) is 13.3. The fourth-order valence-electron chi connectivity index (χ4n) is 3.08. The fraction of sp³-hybridized carbons (Fsp3) is 0.263. The van der Waals surface area contributed by atoms with Gasteiger partial charge in [0.1, 0.15) is 23.4 Å². The zero-order valence-corrected chi connectivity index (χ0v) is 18.0. The standard InChI is InChI=1S/C19H17ClF4N4O2S/c1-9-6-12(8-25-16(9)19(22,23)24)27-15(11-4-5-14(21)13(20)7-11)17-26-10(2)18(28-17)31(3,29)30/h4-8,15,27H,1-3H3,(H,26,28). The molecular weight excluding hydrogens is 460 g/mol. The number of alkyl halides is 3. The lowest BCUT2D eigenvalue weighted by Gasteiger charge is -2.20. The molecule has 166 valence electrons. The van der Waals surface area contributed by atoms with E-state index < -0.39 is 33.6 Å². The number of pyridine rings is 1. The number of sulfone groups is 1. The number of H-pyrrole nitrogens is 1. The van der Waals surface area contributed by atoms with Crippen molar-refractivity contribution in [2.45, 2.75) is 31.1 Å². The number of aromatic amines is 1. The van der Waals surface area contributed by atoms with Crippen molar-refractivity contribution in [3.63, 3.8) is 0 Å². The number of aromatic nitrogens is 3. The number of rotatable bonds is 5. The van der Waals surface area contributed by atoms with Gasteiger partial charge < -0.3 is 10.3 Å². The van der Waals surface area contributed by atoms with Gasteiger partial charge in [0.15, 0.2) is 14.9 Å².